The quantitative estimate of drug-likeness (QED) is 0.389. The molecule has 6 rings (SSSR count). The molecule has 5 aromatic rings. The fourth-order valence-electron chi connectivity index (χ4n) is 4.98. The van der Waals surface area contributed by atoms with Gasteiger partial charge in [0.25, 0.3) is 0 Å². The zero-order chi connectivity index (χ0) is 23.8. The van der Waals surface area contributed by atoms with Crippen LogP contribution in [0.5, 0.6) is 0 Å². The zero-order valence-electron chi connectivity index (χ0n) is 20.0. The summed E-state index contributed by atoms with van der Waals surface area (Å²) in [5.74, 6) is 0.876. The number of hydrogen-bond acceptors (Lipinski definition) is 5. The molecule has 0 unspecified atom stereocenters. The number of nitrogens with one attached hydrogen (secondary N) is 1. The third-order valence-corrected chi connectivity index (χ3v) is 7.03. The summed E-state index contributed by atoms with van der Waals surface area (Å²) in [4.78, 5) is 12.1. The van der Waals surface area contributed by atoms with E-state index in [2.05, 4.69) is 92.6 Å². The van der Waals surface area contributed by atoms with Gasteiger partial charge in [-0.2, -0.15) is 0 Å². The van der Waals surface area contributed by atoms with Crippen molar-refractivity contribution in [2.75, 3.05) is 25.0 Å². The van der Waals surface area contributed by atoms with E-state index < -0.39 is 0 Å². The Morgan fingerprint density at radius 2 is 1.69 bits per heavy atom. The van der Waals surface area contributed by atoms with E-state index in [9.17, 15) is 0 Å². The smallest absolute Gasteiger partial charge is 0.139 e. The van der Waals surface area contributed by atoms with Gasteiger partial charge in [0.2, 0.25) is 0 Å². The van der Waals surface area contributed by atoms with Crippen molar-refractivity contribution >= 4 is 27.6 Å². The molecule has 6 heteroatoms. The predicted octanol–water partition coefficient (Wildman–Crippen LogP) is 4.89. The topological polar surface area (TPSA) is 72.0 Å². The first-order valence-corrected chi connectivity index (χ1v) is 12.3. The summed E-state index contributed by atoms with van der Waals surface area (Å²) in [5.41, 5.74) is 13.9. The summed E-state index contributed by atoms with van der Waals surface area (Å²) in [6, 6.07) is 26.2. The molecule has 0 radical (unpaired) electrons. The zero-order valence-corrected chi connectivity index (χ0v) is 20.0. The molecular weight excluding hydrogens is 432 g/mol. The van der Waals surface area contributed by atoms with Crippen molar-refractivity contribution in [3.63, 3.8) is 0 Å². The number of nitrogens with zero attached hydrogens (tertiary/aromatic N) is 4. The third kappa shape index (κ3) is 4.27. The highest BCUT2D eigenvalue weighted by Crippen LogP contribution is 2.28. The number of hydrogen-bond donors (Lipinski definition) is 2. The Bertz CT molecular complexity index is 1480. The van der Waals surface area contributed by atoms with Gasteiger partial charge >= 0.3 is 0 Å². The summed E-state index contributed by atoms with van der Waals surface area (Å²) in [7, 11) is 1.96. The van der Waals surface area contributed by atoms with Gasteiger partial charge in [0, 0.05) is 36.7 Å². The second-order valence-electron chi connectivity index (χ2n) is 9.42. The van der Waals surface area contributed by atoms with E-state index >= 15 is 0 Å². The lowest BCUT2D eigenvalue weighted by Gasteiger charge is -2.32. The van der Waals surface area contributed by atoms with E-state index in [1.807, 2.05) is 13.4 Å². The van der Waals surface area contributed by atoms with Gasteiger partial charge in [0.1, 0.15) is 12.1 Å². The van der Waals surface area contributed by atoms with Crippen LogP contribution in [0.3, 0.4) is 0 Å². The minimum atomic E-state index is 0.334. The second kappa shape index (κ2) is 9.13. The molecule has 3 N–H and O–H groups in total. The van der Waals surface area contributed by atoms with Gasteiger partial charge in [0.05, 0.1) is 16.6 Å². The molecule has 0 spiro atoms. The number of pyridine rings is 1. The summed E-state index contributed by atoms with van der Waals surface area (Å²) in [5, 5.41) is 4.34. The predicted molar refractivity (Wildman–Crippen MR) is 144 cm³/mol. The molecule has 1 aliphatic heterocycles. The molecule has 3 aromatic carbocycles. The number of nitrogens with two attached hydrogens (primary N) is 1. The first-order valence-electron chi connectivity index (χ1n) is 12.3. The van der Waals surface area contributed by atoms with Gasteiger partial charge in [-0.1, -0.05) is 30.3 Å². The van der Waals surface area contributed by atoms with Crippen molar-refractivity contribution in [2.45, 2.75) is 25.4 Å². The van der Waals surface area contributed by atoms with Crippen LogP contribution in [0, 0.1) is 0 Å². The Balaban J connectivity index is 1.28. The number of rotatable bonds is 5. The van der Waals surface area contributed by atoms with Crippen molar-refractivity contribution in [3.05, 3.63) is 84.7 Å². The van der Waals surface area contributed by atoms with Crippen molar-refractivity contribution in [1.82, 2.24) is 19.9 Å². The summed E-state index contributed by atoms with van der Waals surface area (Å²) in [6.07, 6.45) is 3.96. The van der Waals surface area contributed by atoms with Gasteiger partial charge < -0.3 is 16.0 Å². The highest BCUT2D eigenvalue weighted by molar-refractivity contribution is 5.86. The monoisotopic (exact) mass is 462 g/mol. The van der Waals surface area contributed by atoms with E-state index in [4.69, 9.17) is 10.7 Å². The summed E-state index contributed by atoms with van der Waals surface area (Å²) in [6.45, 7) is 2.90. The van der Waals surface area contributed by atoms with Crippen LogP contribution >= 0.6 is 0 Å². The highest BCUT2D eigenvalue weighted by atomic mass is 15.1. The third-order valence-electron chi connectivity index (χ3n) is 7.03. The molecule has 0 amide bonds. The van der Waals surface area contributed by atoms with Gasteiger partial charge in [-0.05, 0) is 79.0 Å². The van der Waals surface area contributed by atoms with Crippen LogP contribution < -0.4 is 16.0 Å². The van der Waals surface area contributed by atoms with Crippen LogP contribution in [0.4, 0.5) is 5.69 Å². The van der Waals surface area contributed by atoms with Gasteiger partial charge in [-0.15, -0.1) is 0 Å². The van der Waals surface area contributed by atoms with Crippen molar-refractivity contribution in [2.24, 2.45) is 5.73 Å². The van der Waals surface area contributed by atoms with E-state index in [-0.39, 0.29) is 0 Å². The Morgan fingerprint density at radius 1 is 0.886 bits per heavy atom. The SMILES string of the molecule is CNCc1ccc(-c2ccc3c(c2)ncn3-c2ccc3cc(N4CCC(N)CC4)ccc3n2)cc1. The molecule has 0 bridgehead atoms. The Morgan fingerprint density at radius 3 is 2.49 bits per heavy atom. The maximum absolute atomic E-state index is 6.08. The molecule has 3 heterocycles. The average molecular weight is 463 g/mol. The highest BCUT2D eigenvalue weighted by Gasteiger charge is 2.17. The maximum atomic E-state index is 6.08. The molecule has 0 atom stereocenters. The van der Waals surface area contributed by atoms with Crippen LogP contribution in [0.25, 0.3) is 38.9 Å². The molecular formula is C29H30N6. The second-order valence-corrected chi connectivity index (χ2v) is 9.42. The van der Waals surface area contributed by atoms with Crippen molar-refractivity contribution in [1.29, 1.82) is 0 Å². The molecule has 176 valence electrons. The molecule has 1 saturated heterocycles. The van der Waals surface area contributed by atoms with Crippen LogP contribution in [-0.4, -0.2) is 40.7 Å². The lowest BCUT2D eigenvalue weighted by atomic mass is 10.0. The first-order chi connectivity index (χ1) is 17.2. The van der Waals surface area contributed by atoms with Gasteiger partial charge in [0.15, 0.2) is 0 Å². The fourth-order valence-corrected chi connectivity index (χ4v) is 4.98. The van der Waals surface area contributed by atoms with E-state index in [0.717, 1.165) is 65.8 Å². The maximum Gasteiger partial charge on any atom is 0.139 e. The number of anilines is 1. The fraction of sp³-hybridized carbons (Fsp3) is 0.241. The standard InChI is InChI=1S/C29H30N6/c1-31-18-20-2-4-21(5-3-20)22-6-10-28-27(17-22)32-19-35(28)29-11-7-23-16-25(8-9-26(23)33-29)34-14-12-24(30)13-15-34/h2-11,16-17,19,24,31H,12-15,18,30H2,1H3. The minimum absolute atomic E-state index is 0.334. The molecule has 2 aromatic heterocycles. The Kier molecular flexibility index (Phi) is 5.68. The van der Waals surface area contributed by atoms with Crippen LogP contribution in [0.1, 0.15) is 18.4 Å². The normalized spacial score (nSPS) is 14.7. The van der Waals surface area contributed by atoms with Gasteiger partial charge in [-0.25, -0.2) is 9.97 Å². The Hall–Kier alpha value is -3.74. The summed E-state index contributed by atoms with van der Waals surface area (Å²) < 4.78 is 2.06. The number of piperidine rings is 1. The number of imidazole rings is 1. The van der Waals surface area contributed by atoms with Crippen molar-refractivity contribution < 1.29 is 0 Å². The number of aromatic nitrogens is 3. The lowest BCUT2D eigenvalue weighted by molar-refractivity contribution is 0.501. The van der Waals surface area contributed by atoms with Crippen LogP contribution in [0.15, 0.2) is 79.1 Å². The van der Waals surface area contributed by atoms with E-state index in [1.54, 1.807) is 0 Å². The molecule has 35 heavy (non-hydrogen) atoms. The average Bonchev–Trinajstić information content (AvgIpc) is 3.32. The van der Waals surface area contributed by atoms with E-state index in [1.165, 1.54) is 16.8 Å². The summed E-state index contributed by atoms with van der Waals surface area (Å²) >= 11 is 0. The molecule has 0 saturated carbocycles. The molecule has 1 aliphatic rings. The van der Waals surface area contributed by atoms with Crippen LogP contribution in [0.2, 0.25) is 0 Å². The Labute approximate surface area is 205 Å². The van der Waals surface area contributed by atoms with Crippen LogP contribution in [-0.2, 0) is 6.54 Å². The van der Waals surface area contributed by atoms with E-state index in [0.29, 0.717) is 6.04 Å². The lowest BCUT2D eigenvalue weighted by Crippen LogP contribution is -2.39. The first kappa shape index (κ1) is 21.8. The minimum Gasteiger partial charge on any atom is -0.371 e. The number of fused-ring (bicyclic) bond motifs is 2. The molecule has 1 fully saturated rings. The van der Waals surface area contributed by atoms with Gasteiger partial charge in [-0.3, -0.25) is 4.57 Å². The molecule has 6 nitrogen and oxygen atoms in total. The number of benzene rings is 3. The van der Waals surface area contributed by atoms with Crippen molar-refractivity contribution in [3.8, 4) is 16.9 Å². The largest absolute Gasteiger partial charge is 0.371 e. The molecule has 0 aliphatic carbocycles.